The van der Waals surface area contributed by atoms with Crippen LogP contribution in [0.3, 0.4) is 0 Å². The van der Waals surface area contributed by atoms with Crippen LogP contribution in [0.15, 0.2) is 63.9 Å². The van der Waals surface area contributed by atoms with E-state index in [2.05, 4.69) is 10.2 Å². The molecule has 0 spiro atoms. The molecule has 146 valence electrons. The molecule has 1 amide bonds. The summed E-state index contributed by atoms with van der Waals surface area (Å²) < 4.78 is 5.75. The minimum Gasteiger partial charge on any atom is -0.419 e. The van der Waals surface area contributed by atoms with Crippen molar-refractivity contribution in [1.82, 2.24) is 15.1 Å². The van der Waals surface area contributed by atoms with E-state index in [4.69, 9.17) is 16.0 Å². The number of halogens is 1. The molecule has 0 fully saturated rings. The molecule has 0 unspecified atom stereocenters. The summed E-state index contributed by atoms with van der Waals surface area (Å²) in [5.74, 6) is 1.59. The predicted octanol–water partition coefficient (Wildman–Crippen LogP) is 5.31. The van der Waals surface area contributed by atoms with Gasteiger partial charge in [0.05, 0.1) is 17.1 Å². The summed E-state index contributed by atoms with van der Waals surface area (Å²) >= 11 is 7.87. The molecule has 0 saturated heterocycles. The summed E-state index contributed by atoms with van der Waals surface area (Å²) in [5.41, 5.74) is 0.690. The Labute approximate surface area is 174 Å². The molecule has 5 nitrogen and oxygen atoms in total. The van der Waals surface area contributed by atoms with Crippen LogP contribution >= 0.6 is 23.4 Å². The van der Waals surface area contributed by atoms with Gasteiger partial charge in [0.2, 0.25) is 17.7 Å². The van der Waals surface area contributed by atoms with Crippen LogP contribution in [0.4, 0.5) is 0 Å². The van der Waals surface area contributed by atoms with Crippen molar-refractivity contribution in [3.8, 4) is 11.5 Å². The maximum absolute atomic E-state index is 12.7. The number of hydrogen-bond donors (Lipinski definition) is 0. The maximum atomic E-state index is 12.7. The van der Waals surface area contributed by atoms with Crippen molar-refractivity contribution in [3.05, 3.63) is 65.5 Å². The minimum atomic E-state index is 0.0859. The third kappa shape index (κ3) is 5.59. The lowest BCUT2D eigenvalue weighted by Gasteiger charge is -2.20. The summed E-state index contributed by atoms with van der Waals surface area (Å²) in [6, 6.07) is 17.4. The number of hydrogen-bond acceptors (Lipinski definition) is 5. The highest BCUT2D eigenvalue weighted by atomic mass is 35.5. The lowest BCUT2D eigenvalue weighted by Crippen LogP contribution is -2.31. The van der Waals surface area contributed by atoms with Crippen LogP contribution in [0.2, 0.25) is 5.02 Å². The number of thioether (sulfide) groups is 1. The first-order valence-electron chi connectivity index (χ1n) is 9.20. The van der Waals surface area contributed by atoms with Gasteiger partial charge in [-0.05, 0) is 30.7 Å². The normalized spacial score (nSPS) is 10.8. The van der Waals surface area contributed by atoms with E-state index in [0.29, 0.717) is 41.9 Å². The Morgan fingerprint density at radius 1 is 1.11 bits per heavy atom. The fourth-order valence-corrected chi connectivity index (χ4v) is 3.80. The quantitative estimate of drug-likeness (QED) is 0.443. The standard InChI is InChI=1S/C21H22ClN3O2S/c1-2-13-25(20(26)12-14-28-16-8-4-3-5-9-16)15-19-23-24-21(27-19)17-10-6-7-11-18(17)22/h3-11H,2,12-15H2,1H3. The number of aromatic nitrogens is 2. The zero-order chi connectivity index (χ0) is 19.8. The zero-order valence-electron chi connectivity index (χ0n) is 15.7. The van der Waals surface area contributed by atoms with Gasteiger partial charge in [-0.1, -0.05) is 48.9 Å². The van der Waals surface area contributed by atoms with Gasteiger partial charge in [0.25, 0.3) is 0 Å². The molecule has 0 N–H and O–H groups in total. The summed E-state index contributed by atoms with van der Waals surface area (Å²) in [7, 11) is 0. The highest BCUT2D eigenvalue weighted by Crippen LogP contribution is 2.26. The third-order valence-corrected chi connectivity index (χ3v) is 5.41. The van der Waals surface area contributed by atoms with Crippen molar-refractivity contribution < 1.29 is 9.21 Å². The second-order valence-corrected chi connectivity index (χ2v) is 7.78. The van der Waals surface area contributed by atoms with E-state index in [1.54, 1.807) is 22.7 Å². The molecule has 0 aliphatic rings. The van der Waals surface area contributed by atoms with Gasteiger partial charge in [0, 0.05) is 23.6 Å². The second-order valence-electron chi connectivity index (χ2n) is 6.21. The Morgan fingerprint density at radius 2 is 1.86 bits per heavy atom. The van der Waals surface area contributed by atoms with E-state index in [-0.39, 0.29) is 5.91 Å². The molecule has 0 saturated carbocycles. The van der Waals surface area contributed by atoms with Gasteiger partial charge >= 0.3 is 0 Å². The summed E-state index contributed by atoms with van der Waals surface area (Å²) in [6.07, 6.45) is 1.33. The first-order valence-corrected chi connectivity index (χ1v) is 10.6. The van der Waals surface area contributed by atoms with Gasteiger partial charge in [0.15, 0.2) is 0 Å². The monoisotopic (exact) mass is 415 g/mol. The molecule has 1 aromatic heterocycles. The van der Waals surface area contributed by atoms with Crippen LogP contribution in [0.25, 0.3) is 11.5 Å². The predicted molar refractivity (Wildman–Crippen MR) is 112 cm³/mol. The lowest BCUT2D eigenvalue weighted by atomic mass is 10.2. The maximum Gasteiger partial charge on any atom is 0.249 e. The van der Waals surface area contributed by atoms with Gasteiger partial charge < -0.3 is 9.32 Å². The smallest absolute Gasteiger partial charge is 0.249 e. The van der Waals surface area contributed by atoms with Crippen molar-refractivity contribution >= 4 is 29.3 Å². The Morgan fingerprint density at radius 3 is 2.61 bits per heavy atom. The van der Waals surface area contributed by atoms with Gasteiger partial charge in [0.1, 0.15) is 0 Å². The van der Waals surface area contributed by atoms with E-state index < -0.39 is 0 Å². The number of rotatable bonds is 9. The average molecular weight is 416 g/mol. The molecule has 7 heteroatoms. The first kappa shape index (κ1) is 20.4. The molecule has 0 radical (unpaired) electrons. The van der Waals surface area contributed by atoms with Gasteiger partial charge in [-0.2, -0.15) is 0 Å². The third-order valence-electron chi connectivity index (χ3n) is 4.07. The SMILES string of the molecule is CCCN(Cc1nnc(-c2ccccc2Cl)o1)C(=O)CCSc1ccccc1. The van der Waals surface area contributed by atoms with E-state index in [9.17, 15) is 4.79 Å². The number of amides is 1. The molecule has 0 aliphatic heterocycles. The molecule has 2 aromatic carbocycles. The van der Waals surface area contributed by atoms with E-state index in [1.807, 2.05) is 55.5 Å². The average Bonchev–Trinajstić information content (AvgIpc) is 3.17. The first-order chi connectivity index (χ1) is 13.7. The highest BCUT2D eigenvalue weighted by Gasteiger charge is 2.18. The summed E-state index contributed by atoms with van der Waals surface area (Å²) in [6.45, 7) is 3.00. The highest BCUT2D eigenvalue weighted by molar-refractivity contribution is 7.99. The van der Waals surface area contributed by atoms with Crippen molar-refractivity contribution in [2.24, 2.45) is 0 Å². The molecule has 0 aliphatic carbocycles. The fraction of sp³-hybridized carbons (Fsp3) is 0.286. The molecule has 1 heterocycles. The van der Waals surface area contributed by atoms with Crippen molar-refractivity contribution in [3.63, 3.8) is 0 Å². The second kappa shape index (κ2) is 10.3. The van der Waals surface area contributed by atoms with Crippen LogP contribution in [0.1, 0.15) is 25.7 Å². The van der Waals surface area contributed by atoms with Gasteiger partial charge in [-0.3, -0.25) is 4.79 Å². The molecule has 3 rings (SSSR count). The number of carbonyl (C=O) groups excluding carboxylic acids is 1. The molecular formula is C21H22ClN3O2S. The Hall–Kier alpha value is -2.31. The summed E-state index contributed by atoms with van der Waals surface area (Å²) in [5, 5.41) is 8.72. The fourth-order valence-electron chi connectivity index (χ4n) is 2.72. The Bertz CT molecular complexity index is 901. The molecule has 0 bridgehead atoms. The molecule has 28 heavy (non-hydrogen) atoms. The van der Waals surface area contributed by atoms with Crippen LogP contribution < -0.4 is 0 Å². The van der Waals surface area contributed by atoms with Crippen molar-refractivity contribution in [1.29, 1.82) is 0 Å². The topological polar surface area (TPSA) is 59.2 Å². The van der Waals surface area contributed by atoms with Gasteiger partial charge in [-0.15, -0.1) is 22.0 Å². The molecular weight excluding hydrogens is 394 g/mol. The molecule has 3 aromatic rings. The number of carbonyl (C=O) groups is 1. The van der Waals surface area contributed by atoms with Crippen LogP contribution in [0.5, 0.6) is 0 Å². The van der Waals surface area contributed by atoms with E-state index in [0.717, 1.165) is 12.2 Å². The Kier molecular flexibility index (Phi) is 7.51. The number of benzene rings is 2. The van der Waals surface area contributed by atoms with Gasteiger partial charge in [-0.25, -0.2) is 0 Å². The van der Waals surface area contributed by atoms with Crippen molar-refractivity contribution in [2.75, 3.05) is 12.3 Å². The number of nitrogens with zero attached hydrogens (tertiary/aromatic N) is 3. The molecule has 0 atom stereocenters. The van der Waals surface area contributed by atoms with Crippen LogP contribution in [0, 0.1) is 0 Å². The Balaban J connectivity index is 1.59. The minimum absolute atomic E-state index is 0.0859. The van der Waals surface area contributed by atoms with Crippen LogP contribution in [-0.4, -0.2) is 33.3 Å². The van der Waals surface area contributed by atoms with Crippen molar-refractivity contribution in [2.45, 2.75) is 31.2 Å². The lowest BCUT2D eigenvalue weighted by molar-refractivity contribution is -0.131. The summed E-state index contributed by atoms with van der Waals surface area (Å²) in [4.78, 5) is 15.6. The van der Waals surface area contributed by atoms with E-state index >= 15 is 0 Å². The largest absolute Gasteiger partial charge is 0.419 e. The van der Waals surface area contributed by atoms with Crippen LogP contribution in [-0.2, 0) is 11.3 Å². The van der Waals surface area contributed by atoms with E-state index in [1.165, 1.54) is 4.90 Å². The zero-order valence-corrected chi connectivity index (χ0v) is 17.2.